The smallest absolute Gasteiger partial charge is 0.394 e. The largest absolute Gasteiger partial charge is 0.478 e. The summed E-state index contributed by atoms with van der Waals surface area (Å²) in [5.41, 5.74) is 1.24. The van der Waals surface area contributed by atoms with Gasteiger partial charge in [0.15, 0.2) is 5.58 Å². The third-order valence-corrected chi connectivity index (χ3v) is 3.59. The molecule has 1 aromatic heterocycles. The molecule has 0 bridgehead atoms. The molecular weight excluding hydrogens is 246 g/mol. The molecule has 100 valence electrons. The number of aromatic nitrogens is 1. The molecule has 1 heterocycles. The molecule has 0 aliphatic heterocycles. The maximum atomic E-state index is 10.8. The lowest BCUT2D eigenvalue weighted by Crippen LogP contribution is -2.14. The van der Waals surface area contributed by atoms with Gasteiger partial charge in [0.1, 0.15) is 5.52 Å². The van der Waals surface area contributed by atoms with Crippen molar-refractivity contribution in [3.63, 3.8) is 0 Å². The van der Waals surface area contributed by atoms with Crippen LogP contribution in [0.2, 0.25) is 0 Å². The Kier molecular flexibility index (Phi) is 3.11. The maximum absolute atomic E-state index is 10.8. The second kappa shape index (κ2) is 4.91. The normalized spacial score (nSPS) is 15.4. The Hall–Kier alpha value is -2.04. The molecular formula is C14H15NO4. The zero-order valence-corrected chi connectivity index (χ0v) is 10.5. The molecule has 1 saturated carbocycles. The summed E-state index contributed by atoms with van der Waals surface area (Å²) in [6, 6.07) is 4.59. The molecule has 5 heteroatoms. The van der Waals surface area contributed by atoms with Crippen molar-refractivity contribution in [2.24, 2.45) is 5.92 Å². The fourth-order valence-corrected chi connectivity index (χ4v) is 2.19. The summed E-state index contributed by atoms with van der Waals surface area (Å²) in [5, 5.41) is 8.89. The number of carboxylic acids is 1. The molecule has 5 nitrogen and oxygen atoms in total. The third-order valence-electron chi connectivity index (χ3n) is 3.59. The molecule has 1 N–H and O–H groups in total. The monoisotopic (exact) mass is 261 g/mol. The van der Waals surface area contributed by atoms with Gasteiger partial charge in [0, 0.05) is 0 Å². The zero-order chi connectivity index (χ0) is 13.2. The minimum Gasteiger partial charge on any atom is -0.478 e. The zero-order valence-electron chi connectivity index (χ0n) is 10.5. The highest BCUT2D eigenvalue weighted by molar-refractivity contribution is 5.91. The molecule has 0 radical (unpaired) electrons. The van der Waals surface area contributed by atoms with E-state index in [0.717, 1.165) is 12.3 Å². The van der Waals surface area contributed by atoms with Crippen LogP contribution >= 0.6 is 0 Å². The predicted octanol–water partition coefficient (Wildman–Crippen LogP) is 3.10. The molecule has 2 aromatic rings. The lowest BCUT2D eigenvalue weighted by atomic mass is 9.83. The fourth-order valence-electron chi connectivity index (χ4n) is 2.19. The molecule has 1 fully saturated rings. The van der Waals surface area contributed by atoms with E-state index in [1.807, 2.05) is 0 Å². The van der Waals surface area contributed by atoms with E-state index in [1.165, 1.54) is 31.4 Å². The van der Waals surface area contributed by atoms with Crippen LogP contribution in [0, 0.1) is 5.92 Å². The van der Waals surface area contributed by atoms with Crippen molar-refractivity contribution in [1.29, 1.82) is 0 Å². The highest BCUT2D eigenvalue weighted by atomic mass is 16.6. The van der Waals surface area contributed by atoms with Crippen LogP contribution in [0.25, 0.3) is 11.1 Å². The van der Waals surface area contributed by atoms with E-state index in [4.69, 9.17) is 14.3 Å². The van der Waals surface area contributed by atoms with Crippen molar-refractivity contribution in [3.05, 3.63) is 23.8 Å². The van der Waals surface area contributed by atoms with E-state index in [-0.39, 0.29) is 11.6 Å². The number of rotatable bonds is 5. The van der Waals surface area contributed by atoms with Crippen LogP contribution in [-0.4, -0.2) is 22.7 Å². The van der Waals surface area contributed by atoms with Crippen LogP contribution in [0.5, 0.6) is 6.08 Å². The Labute approximate surface area is 110 Å². The van der Waals surface area contributed by atoms with Crippen LogP contribution in [0.15, 0.2) is 22.6 Å². The number of nitrogens with zero attached hydrogens (tertiary/aromatic N) is 1. The van der Waals surface area contributed by atoms with Crippen molar-refractivity contribution in [2.75, 3.05) is 6.61 Å². The average molecular weight is 261 g/mol. The van der Waals surface area contributed by atoms with Crippen LogP contribution < -0.4 is 4.74 Å². The van der Waals surface area contributed by atoms with Crippen molar-refractivity contribution in [1.82, 2.24) is 4.98 Å². The standard InChI is InChI=1S/C14H15NO4/c16-13(17)10-4-5-11-12(8-10)19-14(15-11)18-7-6-9-2-1-3-9/h4-5,8-9H,1-3,6-7H2,(H,16,17). The Morgan fingerprint density at radius 1 is 1.47 bits per heavy atom. The van der Waals surface area contributed by atoms with Gasteiger partial charge in [0.2, 0.25) is 0 Å². The quantitative estimate of drug-likeness (QED) is 0.895. The fraction of sp³-hybridized carbons (Fsp3) is 0.429. The number of hydrogen-bond acceptors (Lipinski definition) is 4. The summed E-state index contributed by atoms with van der Waals surface area (Å²) in [6.07, 6.45) is 5.15. The molecule has 0 unspecified atom stereocenters. The van der Waals surface area contributed by atoms with E-state index in [9.17, 15) is 4.79 Å². The molecule has 0 amide bonds. The van der Waals surface area contributed by atoms with Gasteiger partial charge < -0.3 is 14.3 Å². The van der Waals surface area contributed by atoms with E-state index >= 15 is 0 Å². The van der Waals surface area contributed by atoms with Gasteiger partial charge in [0.05, 0.1) is 12.2 Å². The Bertz CT molecular complexity index is 601. The number of carbonyl (C=O) groups is 1. The number of fused-ring (bicyclic) bond motifs is 1. The highest BCUT2D eigenvalue weighted by Crippen LogP contribution is 2.29. The van der Waals surface area contributed by atoms with Crippen LogP contribution in [0.4, 0.5) is 0 Å². The molecule has 1 aliphatic carbocycles. The Morgan fingerprint density at radius 2 is 2.32 bits per heavy atom. The van der Waals surface area contributed by atoms with Gasteiger partial charge in [-0.2, -0.15) is 4.98 Å². The first-order valence-electron chi connectivity index (χ1n) is 6.49. The third kappa shape index (κ3) is 2.54. The SMILES string of the molecule is O=C(O)c1ccc2nc(OCCC3CCC3)oc2c1. The van der Waals surface area contributed by atoms with E-state index in [0.29, 0.717) is 17.7 Å². The number of aromatic carboxylic acids is 1. The van der Waals surface area contributed by atoms with Gasteiger partial charge in [-0.15, -0.1) is 0 Å². The second-order valence-electron chi connectivity index (χ2n) is 4.90. The first-order valence-corrected chi connectivity index (χ1v) is 6.49. The first kappa shape index (κ1) is 12.0. The molecule has 1 aromatic carbocycles. The summed E-state index contributed by atoms with van der Waals surface area (Å²) in [4.78, 5) is 15.0. The van der Waals surface area contributed by atoms with Crippen LogP contribution in [0.1, 0.15) is 36.0 Å². The van der Waals surface area contributed by atoms with Crippen molar-refractivity contribution in [3.8, 4) is 6.08 Å². The number of benzene rings is 1. The summed E-state index contributed by atoms with van der Waals surface area (Å²) < 4.78 is 10.9. The maximum Gasteiger partial charge on any atom is 0.394 e. The number of ether oxygens (including phenoxy) is 1. The number of oxazole rings is 1. The summed E-state index contributed by atoms with van der Waals surface area (Å²) >= 11 is 0. The summed E-state index contributed by atoms with van der Waals surface area (Å²) in [6.45, 7) is 0.600. The lowest BCUT2D eigenvalue weighted by Gasteiger charge is -2.24. The minimum atomic E-state index is -0.981. The van der Waals surface area contributed by atoms with Gasteiger partial charge in [0.25, 0.3) is 0 Å². The van der Waals surface area contributed by atoms with Crippen molar-refractivity contribution in [2.45, 2.75) is 25.7 Å². The van der Waals surface area contributed by atoms with Crippen LogP contribution in [0.3, 0.4) is 0 Å². The molecule has 0 saturated heterocycles. The predicted molar refractivity (Wildman–Crippen MR) is 68.4 cm³/mol. The Balaban J connectivity index is 1.68. The Morgan fingerprint density at radius 3 is 3.00 bits per heavy atom. The summed E-state index contributed by atoms with van der Waals surface area (Å²) in [7, 11) is 0. The molecule has 3 rings (SSSR count). The number of hydrogen-bond donors (Lipinski definition) is 1. The van der Waals surface area contributed by atoms with Gasteiger partial charge >= 0.3 is 12.0 Å². The topological polar surface area (TPSA) is 72.6 Å². The molecule has 0 spiro atoms. The van der Waals surface area contributed by atoms with E-state index in [1.54, 1.807) is 6.07 Å². The average Bonchev–Trinajstić information content (AvgIpc) is 2.73. The van der Waals surface area contributed by atoms with Crippen molar-refractivity contribution < 1.29 is 19.1 Å². The van der Waals surface area contributed by atoms with Crippen molar-refractivity contribution >= 4 is 17.1 Å². The van der Waals surface area contributed by atoms with Gasteiger partial charge in [-0.1, -0.05) is 19.3 Å². The van der Waals surface area contributed by atoms with E-state index in [2.05, 4.69) is 4.98 Å². The second-order valence-corrected chi connectivity index (χ2v) is 4.90. The lowest BCUT2D eigenvalue weighted by molar-refractivity contribution is 0.0697. The summed E-state index contributed by atoms with van der Waals surface area (Å²) in [5.74, 6) is -0.200. The minimum absolute atomic E-state index is 0.185. The molecule has 19 heavy (non-hydrogen) atoms. The molecule has 0 atom stereocenters. The van der Waals surface area contributed by atoms with Crippen LogP contribution in [-0.2, 0) is 0 Å². The highest BCUT2D eigenvalue weighted by Gasteiger charge is 2.17. The van der Waals surface area contributed by atoms with Gasteiger partial charge in [-0.05, 0) is 30.5 Å². The van der Waals surface area contributed by atoms with Gasteiger partial charge in [-0.3, -0.25) is 0 Å². The first-order chi connectivity index (χ1) is 9.22. The molecule has 1 aliphatic rings. The van der Waals surface area contributed by atoms with E-state index < -0.39 is 5.97 Å². The van der Waals surface area contributed by atoms with Gasteiger partial charge in [-0.25, -0.2) is 4.79 Å². The number of carboxylic acid groups (broad SMARTS) is 1.